The highest BCUT2D eigenvalue weighted by Gasteiger charge is 2.13. The van der Waals surface area contributed by atoms with E-state index in [1.54, 1.807) is 24.3 Å². The minimum Gasteiger partial charge on any atom is -0.345 e. The summed E-state index contributed by atoms with van der Waals surface area (Å²) >= 11 is 5.87. The Morgan fingerprint density at radius 3 is 2.24 bits per heavy atom. The van der Waals surface area contributed by atoms with Crippen LogP contribution in [0.2, 0.25) is 5.02 Å². The van der Waals surface area contributed by atoms with Crippen molar-refractivity contribution in [2.75, 3.05) is 0 Å². The van der Waals surface area contributed by atoms with E-state index >= 15 is 0 Å². The van der Waals surface area contributed by atoms with E-state index in [0.29, 0.717) is 22.0 Å². The highest BCUT2D eigenvalue weighted by atomic mass is 35.5. The lowest BCUT2D eigenvalue weighted by Gasteiger charge is -2.14. The van der Waals surface area contributed by atoms with Gasteiger partial charge in [0.25, 0.3) is 5.91 Å². The van der Waals surface area contributed by atoms with Gasteiger partial charge in [-0.05, 0) is 48.9 Å². The molecule has 2 aromatic carbocycles. The van der Waals surface area contributed by atoms with Crippen molar-refractivity contribution in [1.29, 1.82) is 0 Å². The number of nitrogens with zero attached hydrogens (tertiary/aromatic N) is 2. The Balaban J connectivity index is 1.70. The van der Waals surface area contributed by atoms with Crippen LogP contribution in [0.5, 0.6) is 0 Å². The second-order valence-corrected chi connectivity index (χ2v) is 5.99. The summed E-state index contributed by atoms with van der Waals surface area (Å²) in [6.45, 7) is 1.88. The summed E-state index contributed by atoms with van der Waals surface area (Å²) in [5, 5.41) is 3.53. The third-order valence-electron chi connectivity index (χ3n) is 3.73. The first-order valence-electron chi connectivity index (χ1n) is 7.67. The third-order valence-corrected chi connectivity index (χ3v) is 3.99. The van der Waals surface area contributed by atoms with Gasteiger partial charge < -0.3 is 5.32 Å². The molecule has 3 aromatic rings. The second kappa shape index (κ2) is 7.40. The molecule has 3 rings (SSSR count). The number of aromatic nitrogens is 2. The van der Waals surface area contributed by atoms with Gasteiger partial charge in [0.1, 0.15) is 5.82 Å². The fourth-order valence-corrected chi connectivity index (χ4v) is 2.43. The van der Waals surface area contributed by atoms with Crippen molar-refractivity contribution in [3.8, 4) is 11.4 Å². The molecule has 0 radical (unpaired) electrons. The molecule has 0 aliphatic heterocycles. The average molecular weight is 356 g/mol. The maximum atomic E-state index is 13.0. The van der Waals surface area contributed by atoms with E-state index in [4.69, 9.17) is 11.6 Å². The van der Waals surface area contributed by atoms with Crippen molar-refractivity contribution in [3.63, 3.8) is 0 Å². The Hall–Kier alpha value is -2.79. The van der Waals surface area contributed by atoms with Crippen LogP contribution in [0.3, 0.4) is 0 Å². The van der Waals surface area contributed by atoms with Crippen molar-refractivity contribution in [1.82, 2.24) is 15.3 Å². The van der Waals surface area contributed by atoms with Crippen LogP contribution in [0, 0.1) is 5.82 Å². The fraction of sp³-hybridized carbons (Fsp3) is 0.105. The van der Waals surface area contributed by atoms with Gasteiger partial charge in [0.05, 0.1) is 11.6 Å². The molecule has 1 amide bonds. The van der Waals surface area contributed by atoms with Crippen LogP contribution in [-0.2, 0) is 0 Å². The smallest absolute Gasteiger partial charge is 0.254 e. The molecule has 1 atom stereocenters. The zero-order chi connectivity index (χ0) is 17.8. The number of carbonyl (C=O) groups excluding carboxylic acids is 1. The number of amides is 1. The van der Waals surface area contributed by atoms with Crippen LogP contribution >= 0.6 is 11.6 Å². The van der Waals surface area contributed by atoms with Gasteiger partial charge in [-0.1, -0.05) is 23.7 Å². The van der Waals surface area contributed by atoms with Gasteiger partial charge in [-0.2, -0.15) is 0 Å². The lowest BCUT2D eigenvalue weighted by atomic mass is 10.1. The van der Waals surface area contributed by atoms with Crippen LogP contribution in [0.15, 0.2) is 60.9 Å². The van der Waals surface area contributed by atoms with Crippen LogP contribution < -0.4 is 5.32 Å². The van der Waals surface area contributed by atoms with Gasteiger partial charge >= 0.3 is 0 Å². The number of hydrogen-bond acceptors (Lipinski definition) is 3. The highest BCUT2D eigenvalue weighted by molar-refractivity contribution is 6.30. The third kappa shape index (κ3) is 4.19. The summed E-state index contributed by atoms with van der Waals surface area (Å²) in [5.41, 5.74) is 1.98. The number of rotatable bonds is 4. The number of carbonyl (C=O) groups is 1. The standard InChI is InChI=1S/C19H15ClFN3O/c1-12(13-2-6-16(20)7-3-13)24-19(25)15-10-22-18(23-11-15)14-4-8-17(21)9-5-14/h2-12H,1H3,(H,24,25). The molecule has 6 heteroatoms. The monoisotopic (exact) mass is 355 g/mol. The fourth-order valence-electron chi connectivity index (χ4n) is 2.31. The first-order valence-corrected chi connectivity index (χ1v) is 8.05. The molecule has 0 fully saturated rings. The van der Waals surface area contributed by atoms with Crippen LogP contribution in [0.4, 0.5) is 4.39 Å². The Morgan fingerprint density at radius 1 is 1.04 bits per heavy atom. The molecule has 0 saturated carbocycles. The largest absolute Gasteiger partial charge is 0.345 e. The molecular formula is C19H15ClFN3O. The van der Waals surface area contributed by atoms with Crippen LogP contribution in [-0.4, -0.2) is 15.9 Å². The molecule has 1 heterocycles. The minimum atomic E-state index is -0.323. The van der Waals surface area contributed by atoms with Gasteiger partial charge in [-0.25, -0.2) is 14.4 Å². The number of halogens is 2. The average Bonchev–Trinajstić information content (AvgIpc) is 2.63. The zero-order valence-corrected chi connectivity index (χ0v) is 14.2. The second-order valence-electron chi connectivity index (χ2n) is 5.55. The van der Waals surface area contributed by atoms with Gasteiger partial charge in [0.15, 0.2) is 5.82 Å². The van der Waals surface area contributed by atoms with Gasteiger partial charge in [-0.15, -0.1) is 0 Å². The van der Waals surface area contributed by atoms with Gasteiger partial charge in [-0.3, -0.25) is 4.79 Å². The van der Waals surface area contributed by atoms with Crippen molar-refractivity contribution in [2.24, 2.45) is 0 Å². The summed E-state index contributed by atoms with van der Waals surface area (Å²) in [4.78, 5) is 20.7. The molecule has 0 aliphatic rings. The van der Waals surface area contributed by atoms with Gasteiger partial charge in [0, 0.05) is 23.0 Å². The van der Waals surface area contributed by atoms with E-state index in [9.17, 15) is 9.18 Å². The molecule has 1 N–H and O–H groups in total. The Morgan fingerprint density at radius 2 is 1.64 bits per heavy atom. The van der Waals surface area contributed by atoms with Gasteiger partial charge in [0.2, 0.25) is 0 Å². The van der Waals surface area contributed by atoms with Crippen molar-refractivity contribution in [2.45, 2.75) is 13.0 Å². The van der Waals surface area contributed by atoms with Crippen molar-refractivity contribution in [3.05, 3.63) is 82.9 Å². The Labute approximate surface area is 149 Å². The maximum absolute atomic E-state index is 13.0. The van der Waals surface area contributed by atoms with E-state index in [2.05, 4.69) is 15.3 Å². The quantitative estimate of drug-likeness (QED) is 0.753. The summed E-state index contributed by atoms with van der Waals surface area (Å²) in [6.07, 6.45) is 2.91. The molecule has 4 nitrogen and oxygen atoms in total. The summed E-state index contributed by atoms with van der Waals surface area (Å²) < 4.78 is 13.0. The molecule has 25 heavy (non-hydrogen) atoms. The highest BCUT2D eigenvalue weighted by Crippen LogP contribution is 2.17. The SMILES string of the molecule is CC(NC(=O)c1cnc(-c2ccc(F)cc2)nc1)c1ccc(Cl)cc1. The summed E-state index contributed by atoms with van der Waals surface area (Å²) in [5.74, 6) is -0.161. The topological polar surface area (TPSA) is 54.9 Å². The summed E-state index contributed by atoms with van der Waals surface area (Å²) in [6, 6.07) is 13.0. The van der Waals surface area contributed by atoms with Crippen molar-refractivity contribution >= 4 is 17.5 Å². The maximum Gasteiger partial charge on any atom is 0.254 e. The molecule has 126 valence electrons. The Bertz CT molecular complexity index is 865. The molecule has 0 spiro atoms. The summed E-state index contributed by atoms with van der Waals surface area (Å²) in [7, 11) is 0. The zero-order valence-electron chi connectivity index (χ0n) is 13.4. The van der Waals surface area contributed by atoms with Crippen LogP contribution in [0.25, 0.3) is 11.4 Å². The molecule has 0 saturated heterocycles. The van der Waals surface area contributed by atoms with E-state index in [1.165, 1.54) is 24.5 Å². The minimum absolute atomic E-state index is 0.179. The molecule has 1 aromatic heterocycles. The number of nitrogens with one attached hydrogen (secondary N) is 1. The molecule has 0 bridgehead atoms. The number of hydrogen-bond donors (Lipinski definition) is 1. The normalized spacial score (nSPS) is 11.8. The predicted molar refractivity (Wildman–Crippen MR) is 94.8 cm³/mol. The van der Waals surface area contributed by atoms with E-state index in [1.807, 2.05) is 19.1 Å². The first kappa shape index (κ1) is 17.0. The molecule has 1 unspecified atom stereocenters. The number of benzene rings is 2. The molecular weight excluding hydrogens is 341 g/mol. The van der Waals surface area contributed by atoms with E-state index < -0.39 is 0 Å². The van der Waals surface area contributed by atoms with E-state index in [-0.39, 0.29) is 17.8 Å². The Kier molecular flexibility index (Phi) is 5.05. The van der Waals surface area contributed by atoms with Crippen LogP contribution in [0.1, 0.15) is 28.9 Å². The van der Waals surface area contributed by atoms with E-state index in [0.717, 1.165) is 5.56 Å². The first-order chi connectivity index (χ1) is 12.0. The van der Waals surface area contributed by atoms with Crippen molar-refractivity contribution < 1.29 is 9.18 Å². The molecule has 0 aliphatic carbocycles. The predicted octanol–water partition coefficient (Wildman–Crippen LogP) is 4.43. The lowest BCUT2D eigenvalue weighted by molar-refractivity contribution is 0.0939. The lowest BCUT2D eigenvalue weighted by Crippen LogP contribution is -2.26.